The van der Waals surface area contributed by atoms with E-state index >= 15 is 0 Å². The highest BCUT2D eigenvalue weighted by Crippen LogP contribution is 2.26. The van der Waals surface area contributed by atoms with E-state index in [4.69, 9.17) is 0 Å². The van der Waals surface area contributed by atoms with Gasteiger partial charge in [-0.15, -0.1) is 0 Å². The molecule has 1 aliphatic carbocycles. The number of amides is 2. The van der Waals surface area contributed by atoms with Crippen molar-refractivity contribution >= 4 is 35.4 Å². The van der Waals surface area contributed by atoms with E-state index < -0.39 is 0 Å². The van der Waals surface area contributed by atoms with Gasteiger partial charge in [-0.3, -0.25) is 19.9 Å². The summed E-state index contributed by atoms with van der Waals surface area (Å²) in [7, 11) is 0. The van der Waals surface area contributed by atoms with Gasteiger partial charge in [0, 0.05) is 36.1 Å². The lowest BCUT2D eigenvalue weighted by Crippen LogP contribution is -2.19. The average molecular weight is 390 g/mol. The SMILES string of the molecule is O=C1C/C(=C\c2cnn3c(NC4CC4)nc(NCc4ccncc4)nc23)C(=O)N1. The lowest BCUT2D eigenvalue weighted by atomic mass is 10.1. The van der Waals surface area contributed by atoms with Crippen LogP contribution in [0.3, 0.4) is 0 Å². The Morgan fingerprint density at radius 3 is 2.76 bits per heavy atom. The van der Waals surface area contributed by atoms with Gasteiger partial charge in [0.05, 0.1) is 12.6 Å². The molecule has 2 fully saturated rings. The number of aromatic nitrogens is 5. The van der Waals surface area contributed by atoms with Gasteiger partial charge in [0.2, 0.25) is 17.8 Å². The van der Waals surface area contributed by atoms with Crippen molar-refractivity contribution in [2.45, 2.75) is 31.8 Å². The standard InChI is InChI=1S/C19H18N8O2/c28-15-8-12(17(29)24-15)7-13-10-22-27-16(13)25-18(26-19(27)23-14-1-2-14)21-9-11-3-5-20-6-4-11/h3-7,10,14H,1-2,8-9H2,(H,24,28,29)(H2,21,23,25,26)/b12-7+. The number of anilines is 2. The molecule has 1 aliphatic heterocycles. The van der Waals surface area contributed by atoms with Gasteiger partial charge in [-0.1, -0.05) is 0 Å². The lowest BCUT2D eigenvalue weighted by molar-refractivity contribution is -0.124. The van der Waals surface area contributed by atoms with Gasteiger partial charge >= 0.3 is 0 Å². The molecule has 0 aromatic carbocycles. The molecule has 2 aliphatic rings. The Morgan fingerprint density at radius 2 is 2.03 bits per heavy atom. The number of hydrogen-bond acceptors (Lipinski definition) is 8. The van der Waals surface area contributed by atoms with E-state index in [0.29, 0.717) is 41.3 Å². The molecule has 0 bridgehead atoms. The van der Waals surface area contributed by atoms with Crippen LogP contribution < -0.4 is 16.0 Å². The number of imide groups is 1. The first-order valence-corrected chi connectivity index (χ1v) is 9.35. The summed E-state index contributed by atoms with van der Waals surface area (Å²) in [6.45, 7) is 0.545. The molecule has 3 N–H and O–H groups in total. The first kappa shape index (κ1) is 17.3. The van der Waals surface area contributed by atoms with E-state index in [2.05, 4.69) is 36.0 Å². The molecule has 10 nitrogen and oxygen atoms in total. The van der Waals surface area contributed by atoms with Crippen LogP contribution in [0.4, 0.5) is 11.9 Å². The number of carbonyl (C=O) groups is 2. The van der Waals surface area contributed by atoms with Gasteiger partial charge in [-0.05, 0) is 36.6 Å². The molecule has 3 aromatic rings. The van der Waals surface area contributed by atoms with E-state index in [-0.39, 0.29) is 18.2 Å². The van der Waals surface area contributed by atoms with Crippen LogP contribution in [-0.4, -0.2) is 42.4 Å². The van der Waals surface area contributed by atoms with E-state index in [1.807, 2.05) is 12.1 Å². The molecule has 0 unspecified atom stereocenters. The third kappa shape index (κ3) is 3.64. The van der Waals surface area contributed by atoms with Gasteiger partial charge in [0.1, 0.15) is 0 Å². The Kier molecular flexibility index (Phi) is 4.15. The lowest BCUT2D eigenvalue weighted by Gasteiger charge is -2.10. The number of hydrogen-bond donors (Lipinski definition) is 3. The molecule has 146 valence electrons. The van der Waals surface area contributed by atoms with Crippen LogP contribution in [0.1, 0.15) is 30.4 Å². The number of nitrogens with one attached hydrogen (secondary N) is 3. The van der Waals surface area contributed by atoms with Crippen LogP contribution in [0.25, 0.3) is 11.7 Å². The fourth-order valence-electron chi connectivity index (χ4n) is 3.07. The predicted octanol–water partition coefficient (Wildman–Crippen LogP) is 1.14. The molecule has 0 atom stereocenters. The second-order valence-electron chi connectivity index (χ2n) is 7.06. The molecular weight excluding hydrogens is 372 g/mol. The number of rotatable bonds is 6. The fourth-order valence-corrected chi connectivity index (χ4v) is 3.07. The largest absolute Gasteiger partial charge is 0.351 e. The molecule has 3 aromatic heterocycles. The summed E-state index contributed by atoms with van der Waals surface area (Å²) in [5.74, 6) is 0.356. The molecule has 1 saturated heterocycles. The average Bonchev–Trinajstić information content (AvgIpc) is 3.36. The molecule has 0 spiro atoms. The smallest absolute Gasteiger partial charge is 0.254 e. The second-order valence-corrected chi connectivity index (χ2v) is 7.06. The maximum absolute atomic E-state index is 11.9. The zero-order chi connectivity index (χ0) is 19.8. The highest BCUT2D eigenvalue weighted by atomic mass is 16.2. The molecule has 4 heterocycles. The van der Waals surface area contributed by atoms with Crippen molar-refractivity contribution in [2.75, 3.05) is 10.6 Å². The summed E-state index contributed by atoms with van der Waals surface area (Å²) < 4.78 is 1.62. The Labute approximate surface area is 165 Å². The van der Waals surface area contributed by atoms with Crippen molar-refractivity contribution in [3.8, 4) is 0 Å². The summed E-state index contributed by atoms with van der Waals surface area (Å²) in [4.78, 5) is 36.5. The highest BCUT2D eigenvalue weighted by molar-refractivity contribution is 6.15. The van der Waals surface area contributed by atoms with Crippen molar-refractivity contribution < 1.29 is 9.59 Å². The highest BCUT2D eigenvalue weighted by Gasteiger charge is 2.26. The van der Waals surface area contributed by atoms with Crippen molar-refractivity contribution in [2.24, 2.45) is 0 Å². The summed E-state index contributed by atoms with van der Waals surface area (Å²) in [6, 6.07) is 4.21. The zero-order valence-electron chi connectivity index (χ0n) is 15.4. The Hall–Kier alpha value is -3.82. The minimum Gasteiger partial charge on any atom is -0.351 e. The normalized spacial score (nSPS) is 17.7. The number of nitrogens with zero attached hydrogens (tertiary/aromatic N) is 5. The molecule has 10 heteroatoms. The van der Waals surface area contributed by atoms with E-state index in [1.165, 1.54) is 0 Å². The summed E-state index contributed by atoms with van der Waals surface area (Å²) >= 11 is 0. The monoisotopic (exact) mass is 390 g/mol. The van der Waals surface area contributed by atoms with Crippen LogP contribution in [-0.2, 0) is 16.1 Å². The topological polar surface area (TPSA) is 126 Å². The van der Waals surface area contributed by atoms with Gasteiger partial charge in [0.15, 0.2) is 5.65 Å². The van der Waals surface area contributed by atoms with Crippen molar-refractivity contribution in [1.29, 1.82) is 0 Å². The number of carbonyl (C=O) groups excluding carboxylic acids is 2. The van der Waals surface area contributed by atoms with Crippen molar-refractivity contribution in [1.82, 2.24) is 29.9 Å². The van der Waals surface area contributed by atoms with Crippen LogP contribution in [0, 0.1) is 0 Å². The number of pyridine rings is 1. The second kappa shape index (κ2) is 6.97. The third-order valence-electron chi connectivity index (χ3n) is 4.73. The summed E-state index contributed by atoms with van der Waals surface area (Å²) in [5.41, 5.74) is 2.65. The van der Waals surface area contributed by atoms with E-state index in [9.17, 15) is 9.59 Å². The first-order chi connectivity index (χ1) is 14.2. The fraction of sp³-hybridized carbons (Fsp3) is 0.263. The first-order valence-electron chi connectivity index (χ1n) is 9.35. The van der Waals surface area contributed by atoms with Crippen LogP contribution in [0.15, 0.2) is 36.3 Å². The maximum atomic E-state index is 11.9. The number of fused-ring (bicyclic) bond motifs is 1. The Bertz CT molecular complexity index is 1130. The summed E-state index contributed by atoms with van der Waals surface area (Å²) in [6.07, 6.45) is 8.98. The molecule has 1 saturated carbocycles. The van der Waals surface area contributed by atoms with Gasteiger partial charge in [-0.25, -0.2) is 0 Å². The van der Waals surface area contributed by atoms with Crippen molar-refractivity contribution in [3.63, 3.8) is 0 Å². The van der Waals surface area contributed by atoms with Crippen molar-refractivity contribution in [3.05, 3.63) is 47.4 Å². The molecule has 2 amide bonds. The van der Waals surface area contributed by atoms with E-state index in [0.717, 1.165) is 18.4 Å². The molecule has 29 heavy (non-hydrogen) atoms. The predicted molar refractivity (Wildman–Crippen MR) is 105 cm³/mol. The molecule has 5 rings (SSSR count). The van der Waals surface area contributed by atoms with E-state index in [1.54, 1.807) is 29.2 Å². The van der Waals surface area contributed by atoms with Gasteiger partial charge in [0.25, 0.3) is 5.91 Å². The van der Waals surface area contributed by atoms with Crippen LogP contribution in [0.2, 0.25) is 0 Å². The molecule has 0 radical (unpaired) electrons. The summed E-state index contributed by atoms with van der Waals surface area (Å²) in [5, 5.41) is 13.3. The minimum atomic E-state index is -0.379. The van der Waals surface area contributed by atoms with Gasteiger partial charge in [-0.2, -0.15) is 19.6 Å². The minimum absolute atomic E-state index is 0.0571. The third-order valence-corrected chi connectivity index (χ3v) is 4.73. The van der Waals surface area contributed by atoms with Crippen LogP contribution >= 0.6 is 0 Å². The van der Waals surface area contributed by atoms with Gasteiger partial charge < -0.3 is 10.6 Å². The molecular formula is C19H18N8O2. The Morgan fingerprint density at radius 1 is 1.21 bits per heavy atom. The zero-order valence-corrected chi connectivity index (χ0v) is 15.4. The quantitative estimate of drug-likeness (QED) is 0.422. The maximum Gasteiger partial charge on any atom is 0.254 e. The Balaban J connectivity index is 1.51. The van der Waals surface area contributed by atoms with Crippen LogP contribution in [0.5, 0.6) is 0 Å².